The average Bonchev–Trinajstić information content (AvgIpc) is 2.83. The van der Waals surface area contributed by atoms with Gasteiger partial charge in [0.1, 0.15) is 0 Å². The molecule has 2 aromatic heterocycles. The van der Waals surface area contributed by atoms with E-state index < -0.39 is 0 Å². The summed E-state index contributed by atoms with van der Waals surface area (Å²) in [4.78, 5) is 21.5. The molecule has 4 aromatic rings. The van der Waals surface area contributed by atoms with Gasteiger partial charge in [-0.25, -0.2) is 0 Å². The zero-order chi connectivity index (χ0) is 20.6. The zero-order valence-electron chi connectivity index (χ0n) is 16.6. The zero-order valence-corrected chi connectivity index (χ0v) is 16.6. The summed E-state index contributed by atoms with van der Waals surface area (Å²) in [6.45, 7) is 0.431. The fraction of sp³-hybridized carbons (Fsp3) is 0.115. The van der Waals surface area contributed by atoms with Crippen LogP contribution in [-0.2, 0) is 11.3 Å². The highest BCUT2D eigenvalue weighted by atomic mass is 16.1. The number of benzene rings is 2. The number of pyridine rings is 2. The summed E-state index contributed by atoms with van der Waals surface area (Å²) in [5.74, 6) is 0.0261. The van der Waals surface area contributed by atoms with E-state index in [-0.39, 0.29) is 11.8 Å². The lowest BCUT2D eigenvalue weighted by atomic mass is 9.88. The highest BCUT2D eigenvalue weighted by Crippen LogP contribution is 2.28. The molecule has 0 aliphatic heterocycles. The Labute approximate surface area is 176 Å². The number of hydrogen-bond donors (Lipinski definition) is 1. The van der Waals surface area contributed by atoms with Crippen LogP contribution in [0.15, 0.2) is 104 Å². The highest BCUT2D eigenvalue weighted by Gasteiger charge is 2.18. The summed E-state index contributed by atoms with van der Waals surface area (Å²) >= 11 is 0. The minimum Gasteiger partial charge on any atom is -0.352 e. The molecule has 0 atom stereocenters. The molecule has 0 spiro atoms. The van der Waals surface area contributed by atoms with Gasteiger partial charge in [-0.15, -0.1) is 0 Å². The summed E-state index contributed by atoms with van der Waals surface area (Å²) in [5, 5.41) is 3.08. The lowest BCUT2D eigenvalue weighted by molar-refractivity contribution is -0.121. The molecule has 0 bridgehead atoms. The molecule has 0 saturated heterocycles. The molecular weight excluding hydrogens is 370 g/mol. The Morgan fingerprint density at radius 1 is 0.767 bits per heavy atom. The highest BCUT2D eigenvalue weighted by molar-refractivity contribution is 5.78. The normalized spacial score (nSPS) is 10.7. The first-order chi connectivity index (χ1) is 14.8. The van der Waals surface area contributed by atoms with Gasteiger partial charge in [0.25, 0.3) is 0 Å². The first-order valence-corrected chi connectivity index (χ1v) is 10.0. The summed E-state index contributed by atoms with van der Waals surface area (Å²) < 4.78 is 0. The predicted molar refractivity (Wildman–Crippen MR) is 119 cm³/mol. The SMILES string of the molecule is O=C(CC(c1ccccc1)c1ccccc1)NCc1cccnc1-c1ccncc1. The maximum Gasteiger partial charge on any atom is 0.221 e. The van der Waals surface area contributed by atoms with Crippen LogP contribution in [0.5, 0.6) is 0 Å². The first kappa shape index (κ1) is 19.5. The molecule has 4 nitrogen and oxygen atoms in total. The van der Waals surface area contributed by atoms with Crippen molar-refractivity contribution in [3.05, 3.63) is 120 Å². The van der Waals surface area contributed by atoms with E-state index in [4.69, 9.17) is 0 Å². The van der Waals surface area contributed by atoms with Crippen LogP contribution in [0, 0.1) is 0 Å². The molecule has 0 unspecified atom stereocenters. The molecule has 30 heavy (non-hydrogen) atoms. The van der Waals surface area contributed by atoms with E-state index in [1.807, 2.05) is 60.7 Å². The summed E-state index contributed by atoms with van der Waals surface area (Å²) in [6.07, 6.45) is 5.65. The third-order valence-electron chi connectivity index (χ3n) is 5.11. The summed E-state index contributed by atoms with van der Waals surface area (Å²) in [5.41, 5.74) is 5.10. The topological polar surface area (TPSA) is 54.9 Å². The van der Waals surface area contributed by atoms with Crippen molar-refractivity contribution in [1.29, 1.82) is 0 Å². The number of aromatic nitrogens is 2. The van der Waals surface area contributed by atoms with Crippen molar-refractivity contribution in [1.82, 2.24) is 15.3 Å². The Kier molecular flexibility index (Phi) is 6.25. The Morgan fingerprint density at radius 3 is 2.03 bits per heavy atom. The van der Waals surface area contributed by atoms with Crippen LogP contribution in [0.3, 0.4) is 0 Å². The number of nitrogens with one attached hydrogen (secondary N) is 1. The van der Waals surface area contributed by atoms with Crippen molar-refractivity contribution in [2.45, 2.75) is 18.9 Å². The van der Waals surface area contributed by atoms with Crippen LogP contribution in [0.1, 0.15) is 29.0 Å². The van der Waals surface area contributed by atoms with Crippen LogP contribution in [-0.4, -0.2) is 15.9 Å². The van der Waals surface area contributed by atoms with Crippen LogP contribution < -0.4 is 5.32 Å². The van der Waals surface area contributed by atoms with Crippen molar-refractivity contribution in [3.8, 4) is 11.3 Å². The molecule has 0 saturated carbocycles. The summed E-state index contributed by atoms with van der Waals surface area (Å²) in [7, 11) is 0. The van der Waals surface area contributed by atoms with E-state index in [9.17, 15) is 4.79 Å². The maximum absolute atomic E-state index is 12.9. The van der Waals surface area contributed by atoms with Gasteiger partial charge in [-0.05, 0) is 34.9 Å². The lowest BCUT2D eigenvalue weighted by Crippen LogP contribution is -2.25. The van der Waals surface area contributed by atoms with Crippen LogP contribution in [0.4, 0.5) is 0 Å². The Bertz CT molecular complexity index is 1040. The first-order valence-electron chi connectivity index (χ1n) is 10.0. The Morgan fingerprint density at radius 2 is 1.40 bits per heavy atom. The molecule has 1 N–H and O–H groups in total. The number of amides is 1. The molecule has 0 aliphatic carbocycles. The van der Waals surface area contributed by atoms with E-state index in [1.54, 1.807) is 18.6 Å². The molecule has 2 heterocycles. The van der Waals surface area contributed by atoms with E-state index >= 15 is 0 Å². The number of hydrogen-bond acceptors (Lipinski definition) is 3. The van der Waals surface area contributed by atoms with Crippen molar-refractivity contribution in [3.63, 3.8) is 0 Å². The second-order valence-corrected chi connectivity index (χ2v) is 7.10. The van der Waals surface area contributed by atoms with Gasteiger partial charge in [-0.2, -0.15) is 0 Å². The molecule has 1 amide bonds. The third-order valence-corrected chi connectivity index (χ3v) is 5.11. The van der Waals surface area contributed by atoms with Gasteiger partial charge in [0, 0.05) is 43.0 Å². The standard InChI is InChI=1S/C26H23N3O/c30-25(18-24(20-8-3-1-4-9-20)21-10-5-2-6-11-21)29-19-23-12-7-15-28-26(23)22-13-16-27-17-14-22/h1-17,24H,18-19H2,(H,29,30). The van der Waals surface area contributed by atoms with Gasteiger partial charge in [0.2, 0.25) is 5.91 Å². The second kappa shape index (κ2) is 9.61. The van der Waals surface area contributed by atoms with E-state index in [0.717, 1.165) is 27.9 Å². The molecule has 0 fully saturated rings. The maximum atomic E-state index is 12.9. The van der Waals surface area contributed by atoms with Gasteiger partial charge in [-0.3, -0.25) is 14.8 Å². The minimum atomic E-state index is 0.0113. The number of rotatable bonds is 7. The second-order valence-electron chi connectivity index (χ2n) is 7.10. The molecule has 0 radical (unpaired) electrons. The van der Waals surface area contributed by atoms with Gasteiger partial charge >= 0.3 is 0 Å². The average molecular weight is 393 g/mol. The van der Waals surface area contributed by atoms with E-state index in [2.05, 4.69) is 39.6 Å². The van der Waals surface area contributed by atoms with Crippen LogP contribution in [0.25, 0.3) is 11.3 Å². The van der Waals surface area contributed by atoms with E-state index in [1.165, 1.54) is 0 Å². The Balaban J connectivity index is 1.49. The van der Waals surface area contributed by atoms with Crippen molar-refractivity contribution in [2.75, 3.05) is 0 Å². The quantitative estimate of drug-likeness (QED) is 0.482. The minimum absolute atomic E-state index is 0.0113. The van der Waals surface area contributed by atoms with Gasteiger partial charge in [0.15, 0.2) is 0 Å². The van der Waals surface area contributed by atoms with Gasteiger partial charge in [0.05, 0.1) is 5.69 Å². The van der Waals surface area contributed by atoms with Crippen molar-refractivity contribution >= 4 is 5.91 Å². The largest absolute Gasteiger partial charge is 0.352 e. The fourth-order valence-electron chi connectivity index (χ4n) is 3.60. The third kappa shape index (κ3) is 4.78. The predicted octanol–water partition coefficient (Wildman–Crippen LogP) is 4.98. The smallest absolute Gasteiger partial charge is 0.221 e. The molecule has 4 rings (SSSR count). The van der Waals surface area contributed by atoms with Gasteiger partial charge in [-0.1, -0.05) is 66.7 Å². The van der Waals surface area contributed by atoms with Crippen molar-refractivity contribution < 1.29 is 4.79 Å². The molecular formula is C26H23N3O. The Hall–Kier alpha value is -3.79. The summed E-state index contributed by atoms with van der Waals surface area (Å²) in [6, 6.07) is 28.1. The van der Waals surface area contributed by atoms with Crippen molar-refractivity contribution in [2.24, 2.45) is 0 Å². The molecule has 2 aromatic carbocycles. The lowest BCUT2D eigenvalue weighted by Gasteiger charge is -2.18. The van der Waals surface area contributed by atoms with Gasteiger partial charge < -0.3 is 5.32 Å². The monoisotopic (exact) mass is 393 g/mol. The molecule has 0 aliphatic rings. The van der Waals surface area contributed by atoms with Crippen LogP contribution in [0.2, 0.25) is 0 Å². The molecule has 4 heteroatoms. The molecule has 148 valence electrons. The number of nitrogens with zero attached hydrogens (tertiary/aromatic N) is 2. The fourth-order valence-corrected chi connectivity index (χ4v) is 3.60. The number of carbonyl (C=O) groups is 1. The number of carbonyl (C=O) groups excluding carboxylic acids is 1. The van der Waals surface area contributed by atoms with Crippen LogP contribution >= 0.6 is 0 Å². The van der Waals surface area contributed by atoms with E-state index in [0.29, 0.717) is 13.0 Å².